The van der Waals surface area contributed by atoms with E-state index in [0.29, 0.717) is 5.92 Å². The molecule has 86 valence electrons. The molecule has 15 heavy (non-hydrogen) atoms. The number of hydrogen-bond donors (Lipinski definition) is 1. The van der Waals surface area contributed by atoms with Crippen molar-refractivity contribution in [2.24, 2.45) is 11.3 Å². The Morgan fingerprint density at radius 1 is 1.40 bits per heavy atom. The monoisotopic (exact) mass is 230 g/mol. The zero-order valence-corrected chi connectivity index (χ0v) is 10.1. The summed E-state index contributed by atoms with van der Waals surface area (Å²) in [5.74, 6) is 0.692. The van der Waals surface area contributed by atoms with Gasteiger partial charge in [0.25, 0.3) is 0 Å². The maximum atomic E-state index is 11.0. The van der Waals surface area contributed by atoms with E-state index in [1.807, 2.05) is 6.92 Å². The van der Waals surface area contributed by atoms with Gasteiger partial charge in [-0.05, 0) is 38.5 Å². The lowest BCUT2D eigenvalue weighted by Crippen LogP contribution is -2.33. The second-order valence-electron chi connectivity index (χ2n) is 4.61. The van der Waals surface area contributed by atoms with Gasteiger partial charge in [0, 0.05) is 12.7 Å². The lowest BCUT2D eigenvalue weighted by atomic mass is 9.72. The first-order valence-corrected chi connectivity index (χ1v) is 6.29. The number of aliphatic carboxylic acids is 1. The highest BCUT2D eigenvalue weighted by atomic mass is 32.2. The van der Waals surface area contributed by atoms with E-state index in [1.54, 1.807) is 6.92 Å². The van der Waals surface area contributed by atoms with Crippen molar-refractivity contribution in [1.29, 1.82) is 0 Å². The van der Waals surface area contributed by atoms with E-state index in [2.05, 4.69) is 0 Å². The number of carbonyl (C=O) groups is 2. The zero-order chi connectivity index (χ0) is 11.5. The molecule has 0 atom stereocenters. The number of thioether (sulfide) groups is 1. The van der Waals surface area contributed by atoms with Gasteiger partial charge in [0.1, 0.15) is 0 Å². The van der Waals surface area contributed by atoms with E-state index in [0.717, 1.165) is 31.4 Å². The van der Waals surface area contributed by atoms with Crippen LogP contribution in [0.4, 0.5) is 0 Å². The number of rotatable bonds is 3. The standard InChI is InChI=1S/C11H18O3S/c1-8(12)15-7-9-3-5-11(2,6-4-9)10(13)14/h9H,3-7H2,1-2H3,(H,13,14). The minimum atomic E-state index is -0.680. The van der Waals surface area contributed by atoms with Crippen LogP contribution in [0, 0.1) is 11.3 Å². The Balaban J connectivity index is 2.35. The van der Waals surface area contributed by atoms with Gasteiger partial charge in [0.15, 0.2) is 5.12 Å². The Kier molecular flexibility index (Phi) is 4.20. The van der Waals surface area contributed by atoms with E-state index < -0.39 is 11.4 Å². The molecule has 1 aliphatic rings. The Bertz CT molecular complexity index is 255. The van der Waals surface area contributed by atoms with E-state index in [1.165, 1.54) is 11.8 Å². The molecule has 0 aromatic rings. The molecule has 0 unspecified atom stereocenters. The van der Waals surface area contributed by atoms with Gasteiger partial charge in [-0.25, -0.2) is 0 Å². The van der Waals surface area contributed by atoms with Crippen LogP contribution in [-0.2, 0) is 9.59 Å². The third-order valence-electron chi connectivity index (χ3n) is 3.25. The highest BCUT2D eigenvalue weighted by Crippen LogP contribution is 2.39. The Morgan fingerprint density at radius 2 is 1.93 bits per heavy atom. The number of carboxylic acid groups (broad SMARTS) is 1. The van der Waals surface area contributed by atoms with Crippen LogP contribution in [0.5, 0.6) is 0 Å². The molecular formula is C11H18O3S. The summed E-state index contributed by atoms with van der Waals surface area (Å²) in [4.78, 5) is 21.8. The van der Waals surface area contributed by atoms with E-state index in [9.17, 15) is 9.59 Å². The van der Waals surface area contributed by atoms with Crippen molar-refractivity contribution < 1.29 is 14.7 Å². The van der Waals surface area contributed by atoms with Gasteiger partial charge in [-0.15, -0.1) is 0 Å². The van der Waals surface area contributed by atoms with Crippen molar-refractivity contribution in [3.8, 4) is 0 Å². The topological polar surface area (TPSA) is 54.4 Å². The lowest BCUT2D eigenvalue weighted by molar-refractivity contribution is -0.150. The van der Waals surface area contributed by atoms with Gasteiger partial charge in [0.2, 0.25) is 0 Å². The van der Waals surface area contributed by atoms with Gasteiger partial charge < -0.3 is 5.11 Å². The predicted molar refractivity (Wildman–Crippen MR) is 60.8 cm³/mol. The molecular weight excluding hydrogens is 212 g/mol. The molecule has 1 N–H and O–H groups in total. The summed E-state index contributed by atoms with van der Waals surface area (Å²) < 4.78 is 0. The smallest absolute Gasteiger partial charge is 0.309 e. The van der Waals surface area contributed by atoms with Crippen LogP contribution >= 0.6 is 11.8 Å². The highest BCUT2D eigenvalue weighted by Gasteiger charge is 2.37. The predicted octanol–water partition coefficient (Wildman–Crippen LogP) is 2.55. The van der Waals surface area contributed by atoms with Gasteiger partial charge in [-0.1, -0.05) is 11.8 Å². The first kappa shape index (κ1) is 12.6. The fourth-order valence-electron chi connectivity index (χ4n) is 1.93. The van der Waals surface area contributed by atoms with Crippen LogP contribution in [0.3, 0.4) is 0 Å². The number of carboxylic acids is 1. The maximum Gasteiger partial charge on any atom is 0.309 e. The summed E-state index contributed by atoms with van der Waals surface area (Å²) in [7, 11) is 0. The molecule has 3 nitrogen and oxygen atoms in total. The van der Waals surface area contributed by atoms with Crippen LogP contribution in [0.15, 0.2) is 0 Å². The average Bonchev–Trinajstić information content (AvgIpc) is 2.16. The lowest BCUT2D eigenvalue weighted by Gasteiger charge is -2.33. The van der Waals surface area contributed by atoms with Crippen LogP contribution in [-0.4, -0.2) is 21.9 Å². The molecule has 1 fully saturated rings. The van der Waals surface area contributed by atoms with Crippen molar-refractivity contribution in [3.05, 3.63) is 0 Å². The molecule has 0 amide bonds. The van der Waals surface area contributed by atoms with Crippen molar-refractivity contribution in [1.82, 2.24) is 0 Å². The van der Waals surface area contributed by atoms with E-state index >= 15 is 0 Å². The minimum Gasteiger partial charge on any atom is -0.481 e. The molecule has 0 saturated heterocycles. The summed E-state index contributed by atoms with van der Waals surface area (Å²) in [5.41, 5.74) is -0.530. The largest absolute Gasteiger partial charge is 0.481 e. The third kappa shape index (κ3) is 3.52. The molecule has 0 aromatic carbocycles. The van der Waals surface area contributed by atoms with Gasteiger partial charge in [-0.2, -0.15) is 0 Å². The minimum absolute atomic E-state index is 0.154. The summed E-state index contributed by atoms with van der Waals surface area (Å²) in [6.07, 6.45) is 3.35. The van der Waals surface area contributed by atoms with Crippen molar-refractivity contribution in [2.45, 2.75) is 39.5 Å². The molecule has 1 saturated carbocycles. The fraction of sp³-hybridized carbons (Fsp3) is 0.818. The summed E-state index contributed by atoms with van der Waals surface area (Å²) in [5, 5.41) is 9.20. The molecule has 0 radical (unpaired) electrons. The first-order valence-electron chi connectivity index (χ1n) is 5.31. The summed E-state index contributed by atoms with van der Waals surface area (Å²) >= 11 is 1.36. The Morgan fingerprint density at radius 3 is 2.33 bits per heavy atom. The summed E-state index contributed by atoms with van der Waals surface area (Å²) in [6.45, 7) is 3.40. The Labute approximate surface area is 94.6 Å². The normalized spacial score (nSPS) is 31.2. The molecule has 0 aromatic heterocycles. The molecule has 0 aliphatic heterocycles. The van der Waals surface area contributed by atoms with Crippen LogP contribution < -0.4 is 0 Å². The Hall–Kier alpha value is -0.510. The van der Waals surface area contributed by atoms with Crippen molar-refractivity contribution in [3.63, 3.8) is 0 Å². The molecule has 4 heteroatoms. The summed E-state index contributed by atoms with van der Waals surface area (Å²) in [6, 6.07) is 0. The van der Waals surface area contributed by atoms with Crippen molar-refractivity contribution >= 4 is 22.8 Å². The SMILES string of the molecule is CC(=O)SCC1CCC(C)(C(=O)O)CC1. The van der Waals surface area contributed by atoms with Gasteiger partial charge >= 0.3 is 5.97 Å². The molecule has 1 aliphatic carbocycles. The molecule has 0 heterocycles. The second-order valence-corrected chi connectivity index (χ2v) is 5.81. The van der Waals surface area contributed by atoms with Crippen molar-refractivity contribution in [2.75, 3.05) is 5.75 Å². The van der Waals surface area contributed by atoms with Crippen LogP contribution in [0.1, 0.15) is 39.5 Å². The van der Waals surface area contributed by atoms with E-state index in [4.69, 9.17) is 5.11 Å². The average molecular weight is 230 g/mol. The highest BCUT2D eigenvalue weighted by molar-refractivity contribution is 8.13. The van der Waals surface area contributed by atoms with Crippen LogP contribution in [0.2, 0.25) is 0 Å². The molecule has 1 rings (SSSR count). The van der Waals surface area contributed by atoms with Gasteiger partial charge in [-0.3, -0.25) is 9.59 Å². The fourth-order valence-corrected chi connectivity index (χ4v) is 2.73. The number of hydrogen-bond acceptors (Lipinski definition) is 3. The number of carbonyl (C=O) groups excluding carboxylic acids is 1. The second kappa shape index (κ2) is 5.01. The third-order valence-corrected chi connectivity index (χ3v) is 4.29. The molecule has 0 spiro atoms. The van der Waals surface area contributed by atoms with E-state index in [-0.39, 0.29) is 5.12 Å². The first-order chi connectivity index (χ1) is 6.94. The van der Waals surface area contributed by atoms with Gasteiger partial charge in [0.05, 0.1) is 5.41 Å². The quantitative estimate of drug-likeness (QED) is 0.809. The molecule has 0 bridgehead atoms. The maximum absolute atomic E-state index is 11.0. The zero-order valence-electron chi connectivity index (χ0n) is 9.28. The van der Waals surface area contributed by atoms with Crippen LogP contribution in [0.25, 0.3) is 0 Å².